The molecule has 0 saturated heterocycles. The summed E-state index contributed by atoms with van der Waals surface area (Å²) in [6, 6.07) is 11.2. The van der Waals surface area contributed by atoms with Crippen molar-refractivity contribution in [3.8, 4) is 22.8 Å². The smallest absolute Gasteiger partial charge is 0.228 e. The van der Waals surface area contributed by atoms with Crippen molar-refractivity contribution in [1.82, 2.24) is 9.97 Å². The van der Waals surface area contributed by atoms with E-state index >= 15 is 0 Å². The maximum absolute atomic E-state index is 12.2. The number of benzene rings is 2. The van der Waals surface area contributed by atoms with E-state index in [9.17, 15) is 4.79 Å². The molecule has 2 aliphatic heterocycles. The first kappa shape index (κ1) is 17.8. The Balaban J connectivity index is 1.42. The summed E-state index contributed by atoms with van der Waals surface area (Å²) < 4.78 is 11.2. The van der Waals surface area contributed by atoms with Crippen LogP contribution in [0.5, 0.6) is 11.5 Å². The molecule has 5 rings (SSSR count). The molecule has 1 aromatic heterocycles. The van der Waals surface area contributed by atoms with Gasteiger partial charge in [-0.05, 0) is 35.9 Å². The number of carbonyl (C=O) groups is 1. The van der Waals surface area contributed by atoms with Crippen molar-refractivity contribution in [2.75, 3.05) is 23.8 Å². The van der Waals surface area contributed by atoms with Crippen molar-refractivity contribution < 1.29 is 14.3 Å². The summed E-state index contributed by atoms with van der Waals surface area (Å²) in [5.41, 5.74) is 3.98. The van der Waals surface area contributed by atoms with Crippen LogP contribution in [0.2, 0.25) is 5.02 Å². The third-order valence-corrected chi connectivity index (χ3v) is 5.02. The minimum absolute atomic E-state index is 0.118. The van der Waals surface area contributed by atoms with Crippen molar-refractivity contribution in [1.29, 1.82) is 0 Å². The molecule has 7 nitrogen and oxygen atoms in total. The highest BCUT2D eigenvalue weighted by Crippen LogP contribution is 2.35. The molecule has 0 saturated carbocycles. The molecule has 0 unspecified atom stereocenters. The third kappa shape index (κ3) is 3.56. The minimum Gasteiger partial charge on any atom is -0.486 e. The molecule has 2 aromatic carbocycles. The standard InChI is InChI=1S/C21H17ClN4O3/c22-14-2-3-15-16(9-14)25-19(27)8-13-11-24-21(26-20(13)15)23-10-12-1-4-17-18(7-12)29-6-5-28-17/h1-4,7,9,11H,5-6,8,10H2,(H,25,27)(H,23,24,26). The zero-order chi connectivity index (χ0) is 19.8. The van der Waals surface area contributed by atoms with Gasteiger partial charge in [-0.2, -0.15) is 0 Å². The predicted molar refractivity (Wildman–Crippen MR) is 110 cm³/mol. The van der Waals surface area contributed by atoms with Crippen molar-refractivity contribution in [3.63, 3.8) is 0 Å². The van der Waals surface area contributed by atoms with Gasteiger partial charge in [-0.15, -0.1) is 0 Å². The van der Waals surface area contributed by atoms with Gasteiger partial charge in [-0.3, -0.25) is 4.79 Å². The first-order valence-electron chi connectivity index (χ1n) is 9.24. The second kappa shape index (κ2) is 7.25. The Kier molecular flexibility index (Phi) is 4.44. The van der Waals surface area contributed by atoms with Gasteiger partial charge in [0.15, 0.2) is 11.5 Å². The van der Waals surface area contributed by atoms with E-state index in [1.54, 1.807) is 18.3 Å². The molecule has 0 radical (unpaired) electrons. The normalized spacial score (nSPS) is 14.3. The van der Waals surface area contributed by atoms with Crippen molar-refractivity contribution in [3.05, 3.63) is 58.7 Å². The topological polar surface area (TPSA) is 85.4 Å². The Hall–Kier alpha value is -3.32. The van der Waals surface area contributed by atoms with E-state index in [1.807, 2.05) is 24.3 Å². The number of aromatic nitrogens is 2. The molecule has 0 spiro atoms. The number of carbonyl (C=O) groups excluding carboxylic acids is 1. The average Bonchev–Trinajstić information content (AvgIpc) is 2.86. The van der Waals surface area contributed by atoms with Crippen LogP contribution in [-0.4, -0.2) is 29.1 Å². The number of hydrogen-bond donors (Lipinski definition) is 2. The van der Waals surface area contributed by atoms with Crippen molar-refractivity contribution in [2.24, 2.45) is 0 Å². The van der Waals surface area contributed by atoms with Gasteiger partial charge in [0, 0.05) is 28.9 Å². The molecule has 2 aliphatic rings. The van der Waals surface area contributed by atoms with Gasteiger partial charge in [0.2, 0.25) is 11.9 Å². The van der Waals surface area contributed by atoms with Gasteiger partial charge in [-0.1, -0.05) is 17.7 Å². The first-order chi connectivity index (χ1) is 14.2. The van der Waals surface area contributed by atoms with Crippen LogP contribution in [0.1, 0.15) is 11.1 Å². The highest BCUT2D eigenvalue weighted by atomic mass is 35.5. The van der Waals surface area contributed by atoms with Crippen molar-refractivity contribution in [2.45, 2.75) is 13.0 Å². The number of amides is 1. The maximum atomic E-state index is 12.2. The fourth-order valence-electron chi connectivity index (χ4n) is 3.43. The van der Waals surface area contributed by atoms with Crippen LogP contribution in [0.3, 0.4) is 0 Å². The SMILES string of the molecule is O=C1Cc2cnc(NCc3ccc4c(c3)OCCO4)nc2-c2ccc(Cl)cc2N1. The largest absolute Gasteiger partial charge is 0.486 e. The molecular weight excluding hydrogens is 392 g/mol. The van der Waals surface area contributed by atoms with Crippen LogP contribution in [-0.2, 0) is 17.8 Å². The lowest BCUT2D eigenvalue weighted by Gasteiger charge is -2.19. The Morgan fingerprint density at radius 2 is 1.97 bits per heavy atom. The number of halogens is 1. The molecule has 0 bridgehead atoms. The summed E-state index contributed by atoms with van der Waals surface area (Å²) in [4.78, 5) is 21.2. The molecular formula is C21H17ClN4O3. The number of nitrogens with zero attached hydrogens (tertiary/aromatic N) is 2. The maximum Gasteiger partial charge on any atom is 0.228 e. The quantitative estimate of drug-likeness (QED) is 0.687. The van der Waals surface area contributed by atoms with Crippen LogP contribution >= 0.6 is 11.6 Å². The summed E-state index contributed by atoms with van der Waals surface area (Å²) in [6.45, 7) is 1.64. The highest BCUT2D eigenvalue weighted by Gasteiger charge is 2.21. The summed E-state index contributed by atoms with van der Waals surface area (Å²) in [5, 5.41) is 6.67. The zero-order valence-electron chi connectivity index (χ0n) is 15.4. The monoisotopic (exact) mass is 408 g/mol. The second-order valence-electron chi connectivity index (χ2n) is 6.81. The average molecular weight is 409 g/mol. The number of hydrogen-bond acceptors (Lipinski definition) is 6. The Labute approximate surface area is 172 Å². The van der Waals surface area contributed by atoms with E-state index in [2.05, 4.69) is 20.6 Å². The Morgan fingerprint density at radius 3 is 2.86 bits per heavy atom. The number of fused-ring (bicyclic) bond motifs is 4. The Bertz CT molecular complexity index is 1120. The van der Waals surface area contributed by atoms with Crippen LogP contribution < -0.4 is 20.1 Å². The van der Waals surface area contributed by atoms with E-state index in [1.165, 1.54) is 0 Å². The molecule has 3 heterocycles. The molecule has 2 N–H and O–H groups in total. The van der Waals surface area contributed by atoms with E-state index in [0.717, 1.165) is 33.9 Å². The van der Waals surface area contributed by atoms with Gasteiger partial charge in [-0.25, -0.2) is 9.97 Å². The molecule has 0 fully saturated rings. The number of nitrogens with one attached hydrogen (secondary N) is 2. The Morgan fingerprint density at radius 1 is 1.10 bits per heavy atom. The molecule has 0 aliphatic carbocycles. The van der Waals surface area contributed by atoms with E-state index in [4.69, 9.17) is 21.1 Å². The summed E-state index contributed by atoms with van der Waals surface area (Å²) >= 11 is 6.09. The molecule has 1 amide bonds. The van der Waals surface area contributed by atoms with Crippen LogP contribution in [0.4, 0.5) is 11.6 Å². The van der Waals surface area contributed by atoms with Gasteiger partial charge in [0.1, 0.15) is 13.2 Å². The second-order valence-corrected chi connectivity index (χ2v) is 7.25. The lowest BCUT2D eigenvalue weighted by Crippen LogP contribution is -2.15. The molecule has 29 heavy (non-hydrogen) atoms. The van der Waals surface area contributed by atoms with Crippen LogP contribution in [0.15, 0.2) is 42.6 Å². The summed E-state index contributed by atoms with van der Waals surface area (Å²) in [7, 11) is 0. The number of anilines is 2. The van der Waals surface area contributed by atoms with Gasteiger partial charge in [0.05, 0.1) is 17.8 Å². The minimum atomic E-state index is -0.118. The predicted octanol–water partition coefficient (Wildman–Crippen LogP) is 3.67. The van der Waals surface area contributed by atoms with E-state index in [-0.39, 0.29) is 12.3 Å². The van der Waals surface area contributed by atoms with Gasteiger partial charge in [0.25, 0.3) is 0 Å². The van der Waals surface area contributed by atoms with Crippen LogP contribution in [0.25, 0.3) is 11.3 Å². The summed E-state index contributed by atoms with van der Waals surface area (Å²) in [6.07, 6.45) is 1.90. The molecule has 146 valence electrons. The number of ether oxygens (including phenoxy) is 2. The van der Waals surface area contributed by atoms with Gasteiger partial charge >= 0.3 is 0 Å². The third-order valence-electron chi connectivity index (χ3n) is 4.78. The molecule has 8 heteroatoms. The van der Waals surface area contributed by atoms with Crippen molar-refractivity contribution >= 4 is 29.1 Å². The fourth-order valence-corrected chi connectivity index (χ4v) is 3.60. The van der Waals surface area contributed by atoms with Gasteiger partial charge < -0.3 is 20.1 Å². The zero-order valence-corrected chi connectivity index (χ0v) is 16.1. The highest BCUT2D eigenvalue weighted by molar-refractivity contribution is 6.31. The van der Waals surface area contributed by atoms with E-state index in [0.29, 0.717) is 36.4 Å². The molecule has 0 atom stereocenters. The fraction of sp³-hybridized carbons (Fsp3) is 0.190. The molecule has 3 aromatic rings. The number of rotatable bonds is 3. The lowest BCUT2D eigenvalue weighted by atomic mass is 10.1. The first-order valence-corrected chi connectivity index (χ1v) is 9.61. The summed E-state index contributed by atoms with van der Waals surface area (Å²) in [5.74, 6) is 1.87. The van der Waals surface area contributed by atoms with Crippen LogP contribution in [0, 0.1) is 0 Å². The lowest BCUT2D eigenvalue weighted by molar-refractivity contribution is -0.115. The van der Waals surface area contributed by atoms with E-state index < -0.39 is 0 Å².